The van der Waals surface area contributed by atoms with E-state index in [1.807, 2.05) is 41.0 Å². The lowest BCUT2D eigenvalue weighted by molar-refractivity contribution is -0.116. The summed E-state index contributed by atoms with van der Waals surface area (Å²) in [6.07, 6.45) is 5.55. The third-order valence-electron chi connectivity index (χ3n) is 3.97. The van der Waals surface area contributed by atoms with E-state index < -0.39 is 0 Å². The smallest absolute Gasteiger partial charge is 0.226 e. The van der Waals surface area contributed by atoms with Crippen LogP contribution in [0.25, 0.3) is 5.69 Å². The number of para-hydroxylation sites is 1. The number of fused-ring (bicyclic) bond motifs is 1. The number of carbonyl (C=O) groups excluding carboxylic acids is 1. The summed E-state index contributed by atoms with van der Waals surface area (Å²) in [5.41, 5.74) is 2.60. The van der Waals surface area contributed by atoms with Crippen molar-refractivity contribution in [3.8, 4) is 5.69 Å². The number of amides is 1. The molecule has 5 nitrogen and oxygen atoms in total. The van der Waals surface area contributed by atoms with Crippen LogP contribution in [0.3, 0.4) is 0 Å². The molecule has 1 N–H and O–H groups in total. The third-order valence-corrected chi connectivity index (χ3v) is 4.29. The van der Waals surface area contributed by atoms with Gasteiger partial charge >= 0.3 is 0 Å². The number of benzene rings is 1. The summed E-state index contributed by atoms with van der Waals surface area (Å²) < 4.78 is 1.82. The predicted octanol–water partition coefficient (Wildman–Crippen LogP) is 3.39. The van der Waals surface area contributed by atoms with Gasteiger partial charge in [0.1, 0.15) is 12.1 Å². The Morgan fingerprint density at radius 1 is 1.22 bits per heavy atom. The lowest BCUT2D eigenvalue weighted by Gasteiger charge is -2.23. The normalized spacial score (nSPS) is 16.7. The van der Waals surface area contributed by atoms with Crippen molar-refractivity contribution in [1.82, 2.24) is 14.5 Å². The number of nitrogens with one attached hydrogen (secondary N) is 1. The van der Waals surface area contributed by atoms with Crippen molar-refractivity contribution < 1.29 is 4.79 Å². The Kier molecular flexibility index (Phi) is 3.35. The van der Waals surface area contributed by atoms with Crippen LogP contribution in [-0.4, -0.2) is 20.4 Å². The van der Waals surface area contributed by atoms with Crippen molar-refractivity contribution in [2.24, 2.45) is 0 Å². The number of hydrogen-bond donors (Lipinski definition) is 1. The van der Waals surface area contributed by atoms with Gasteiger partial charge in [0.25, 0.3) is 0 Å². The van der Waals surface area contributed by atoms with Crippen molar-refractivity contribution in [2.75, 3.05) is 5.32 Å². The fourth-order valence-electron chi connectivity index (χ4n) is 2.89. The van der Waals surface area contributed by atoms with E-state index in [-0.39, 0.29) is 11.8 Å². The van der Waals surface area contributed by atoms with Crippen molar-refractivity contribution in [3.63, 3.8) is 0 Å². The van der Waals surface area contributed by atoms with Crippen LogP contribution < -0.4 is 5.32 Å². The largest absolute Gasteiger partial charge is 0.310 e. The van der Waals surface area contributed by atoms with Gasteiger partial charge in [-0.15, -0.1) is 0 Å². The fourth-order valence-corrected chi connectivity index (χ4v) is 3.12. The highest BCUT2D eigenvalue weighted by Gasteiger charge is 2.31. The van der Waals surface area contributed by atoms with Gasteiger partial charge in [-0.05, 0) is 23.8 Å². The van der Waals surface area contributed by atoms with Gasteiger partial charge < -0.3 is 5.32 Å². The first-order chi connectivity index (χ1) is 11.2. The van der Waals surface area contributed by atoms with E-state index in [2.05, 4.69) is 15.3 Å². The molecule has 23 heavy (non-hydrogen) atoms. The zero-order valence-corrected chi connectivity index (χ0v) is 12.9. The Bertz CT molecular complexity index is 875. The first-order valence-electron chi connectivity index (χ1n) is 7.26. The van der Waals surface area contributed by atoms with E-state index in [9.17, 15) is 4.79 Å². The van der Waals surface area contributed by atoms with Crippen molar-refractivity contribution in [3.05, 3.63) is 71.4 Å². The molecule has 0 fully saturated rings. The molecule has 1 amide bonds. The fraction of sp³-hybridized carbons (Fsp3) is 0.118. The second-order valence-electron chi connectivity index (χ2n) is 5.39. The minimum Gasteiger partial charge on any atom is -0.310 e. The second kappa shape index (κ2) is 5.52. The number of pyridine rings is 1. The zero-order valence-electron chi connectivity index (χ0n) is 12.1. The molecular weight excluding hydrogens is 312 g/mol. The molecule has 1 aromatic carbocycles. The Hall–Kier alpha value is -2.66. The number of hydrogen-bond acceptors (Lipinski definition) is 3. The number of aromatic nitrogens is 3. The number of nitrogens with zero attached hydrogens (tertiary/aromatic N) is 3. The summed E-state index contributed by atoms with van der Waals surface area (Å²) in [7, 11) is 0. The maximum atomic E-state index is 12.2. The van der Waals surface area contributed by atoms with Crippen molar-refractivity contribution >= 4 is 23.3 Å². The topological polar surface area (TPSA) is 59.8 Å². The summed E-state index contributed by atoms with van der Waals surface area (Å²) in [5, 5.41) is 3.52. The SMILES string of the molecule is O=C1CC(c2cccnc2)c2ncn(-c3ccccc3Cl)c2N1. The van der Waals surface area contributed by atoms with Gasteiger partial charge in [-0.3, -0.25) is 14.3 Å². The van der Waals surface area contributed by atoms with E-state index in [0.29, 0.717) is 17.3 Å². The van der Waals surface area contributed by atoms with Crippen molar-refractivity contribution in [2.45, 2.75) is 12.3 Å². The lowest BCUT2D eigenvalue weighted by atomic mass is 9.91. The Morgan fingerprint density at radius 3 is 2.87 bits per heavy atom. The molecule has 3 heterocycles. The van der Waals surface area contributed by atoms with Crippen molar-refractivity contribution in [1.29, 1.82) is 0 Å². The average Bonchev–Trinajstić information content (AvgIpc) is 2.99. The van der Waals surface area contributed by atoms with Crippen LogP contribution in [0, 0.1) is 0 Å². The van der Waals surface area contributed by atoms with Crippen LogP contribution in [0.4, 0.5) is 5.82 Å². The molecule has 1 aliphatic rings. The summed E-state index contributed by atoms with van der Waals surface area (Å²) in [6, 6.07) is 11.3. The molecule has 0 saturated heterocycles. The number of anilines is 1. The van der Waals surface area contributed by atoms with E-state index >= 15 is 0 Å². The van der Waals surface area contributed by atoms with E-state index in [4.69, 9.17) is 11.6 Å². The van der Waals surface area contributed by atoms with E-state index in [0.717, 1.165) is 16.9 Å². The maximum absolute atomic E-state index is 12.2. The Labute approximate surface area is 138 Å². The number of carbonyl (C=O) groups is 1. The average molecular weight is 325 g/mol. The van der Waals surface area contributed by atoms with Gasteiger partial charge in [-0.1, -0.05) is 29.8 Å². The minimum absolute atomic E-state index is 0.0415. The molecule has 0 spiro atoms. The molecular formula is C17H13ClN4O. The summed E-state index contributed by atoms with van der Waals surface area (Å²) in [6.45, 7) is 0. The first-order valence-corrected chi connectivity index (χ1v) is 7.64. The first kappa shape index (κ1) is 14.0. The molecule has 1 atom stereocenters. The number of halogens is 1. The van der Waals surface area contributed by atoms with Gasteiger partial charge in [0, 0.05) is 24.7 Å². The summed E-state index contributed by atoms with van der Waals surface area (Å²) >= 11 is 6.28. The zero-order chi connectivity index (χ0) is 15.8. The van der Waals surface area contributed by atoms with Crippen LogP contribution in [0.2, 0.25) is 5.02 Å². The molecule has 3 aromatic rings. The number of imidazole rings is 1. The molecule has 1 aliphatic heterocycles. The quantitative estimate of drug-likeness (QED) is 0.786. The Balaban J connectivity index is 1.85. The second-order valence-corrected chi connectivity index (χ2v) is 5.80. The van der Waals surface area contributed by atoms with Crippen LogP contribution in [0.15, 0.2) is 55.1 Å². The molecule has 1 unspecified atom stereocenters. The monoisotopic (exact) mass is 324 g/mol. The molecule has 0 bridgehead atoms. The van der Waals surface area contributed by atoms with Gasteiger partial charge in [0.05, 0.1) is 16.4 Å². The minimum atomic E-state index is -0.101. The van der Waals surface area contributed by atoms with E-state index in [1.54, 1.807) is 18.7 Å². The predicted molar refractivity (Wildman–Crippen MR) is 87.9 cm³/mol. The highest BCUT2D eigenvalue weighted by atomic mass is 35.5. The van der Waals surface area contributed by atoms with Gasteiger partial charge in [0.2, 0.25) is 5.91 Å². The molecule has 4 rings (SSSR count). The van der Waals surface area contributed by atoms with Gasteiger partial charge in [-0.25, -0.2) is 4.98 Å². The summed E-state index contributed by atoms with van der Waals surface area (Å²) in [4.78, 5) is 20.8. The molecule has 2 aromatic heterocycles. The highest BCUT2D eigenvalue weighted by molar-refractivity contribution is 6.32. The van der Waals surface area contributed by atoms with Crippen LogP contribution >= 0.6 is 11.6 Å². The van der Waals surface area contributed by atoms with Crippen LogP contribution in [-0.2, 0) is 4.79 Å². The number of rotatable bonds is 2. The molecule has 0 radical (unpaired) electrons. The maximum Gasteiger partial charge on any atom is 0.226 e. The standard InChI is InChI=1S/C17H13ClN4O/c18-13-5-1-2-6-14(13)22-10-20-16-12(8-15(23)21-17(16)22)11-4-3-7-19-9-11/h1-7,9-10,12H,8H2,(H,21,23). The van der Waals surface area contributed by atoms with Gasteiger partial charge in [0.15, 0.2) is 0 Å². The molecule has 0 saturated carbocycles. The highest BCUT2D eigenvalue weighted by Crippen LogP contribution is 2.37. The molecule has 0 aliphatic carbocycles. The van der Waals surface area contributed by atoms with E-state index in [1.165, 1.54) is 0 Å². The molecule has 6 heteroatoms. The van der Waals surface area contributed by atoms with Crippen LogP contribution in [0.5, 0.6) is 0 Å². The van der Waals surface area contributed by atoms with Crippen LogP contribution in [0.1, 0.15) is 23.6 Å². The summed E-state index contributed by atoms with van der Waals surface area (Å²) in [5.74, 6) is 0.527. The third kappa shape index (κ3) is 2.39. The van der Waals surface area contributed by atoms with Gasteiger partial charge in [-0.2, -0.15) is 0 Å². The lowest BCUT2D eigenvalue weighted by Crippen LogP contribution is -2.25. The Morgan fingerprint density at radius 2 is 2.09 bits per heavy atom. The molecule has 114 valence electrons.